The quantitative estimate of drug-likeness (QED) is 0.529. The third kappa shape index (κ3) is 4.76. The fourth-order valence-electron chi connectivity index (χ4n) is 4.22. The summed E-state index contributed by atoms with van der Waals surface area (Å²) >= 11 is 2.49. The molecule has 1 N–H and O–H groups in total. The molecule has 0 unspecified atom stereocenters. The molecule has 2 fully saturated rings. The number of halogens is 1. The SMILES string of the molecule is O=C(O)COCC1CCC(Cn2nc(C3CC3)c(I)c2-c2ccccc2)CC1. The molecule has 6 heteroatoms. The van der Waals surface area contributed by atoms with Crippen molar-refractivity contribution in [3.8, 4) is 11.3 Å². The van der Waals surface area contributed by atoms with Crippen LogP contribution in [0.2, 0.25) is 0 Å². The normalized spacial score (nSPS) is 22.3. The van der Waals surface area contributed by atoms with Gasteiger partial charge in [-0.1, -0.05) is 30.3 Å². The van der Waals surface area contributed by atoms with E-state index in [-0.39, 0.29) is 6.61 Å². The summed E-state index contributed by atoms with van der Waals surface area (Å²) in [6.07, 6.45) is 7.07. The minimum atomic E-state index is -0.887. The van der Waals surface area contributed by atoms with E-state index in [9.17, 15) is 4.79 Å². The number of aromatic nitrogens is 2. The summed E-state index contributed by atoms with van der Waals surface area (Å²) in [5.41, 5.74) is 3.81. The van der Waals surface area contributed by atoms with Gasteiger partial charge in [0.05, 0.1) is 21.6 Å². The minimum Gasteiger partial charge on any atom is -0.480 e. The molecule has 0 aliphatic heterocycles. The molecule has 0 radical (unpaired) electrons. The van der Waals surface area contributed by atoms with Gasteiger partial charge in [0.15, 0.2) is 0 Å². The predicted molar refractivity (Wildman–Crippen MR) is 116 cm³/mol. The number of carboxylic acids is 1. The lowest BCUT2D eigenvalue weighted by Gasteiger charge is -2.28. The summed E-state index contributed by atoms with van der Waals surface area (Å²) in [7, 11) is 0. The van der Waals surface area contributed by atoms with Crippen molar-refractivity contribution in [2.45, 2.75) is 51.0 Å². The molecule has 0 saturated heterocycles. The van der Waals surface area contributed by atoms with Crippen molar-refractivity contribution in [1.82, 2.24) is 9.78 Å². The van der Waals surface area contributed by atoms with Crippen molar-refractivity contribution in [2.75, 3.05) is 13.2 Å². The number of ether oxygens (including phenoxy) is 1. The first-order valence-corrected chi connectivity index (χ1v) is 11.3. The number of benzene rings is 1. The number of rotatable bonds is 8. The van der Waals surface area contributed by atoms with Crippen LogP contribution >= 0.6 is 22.6 Å². The molecule has 1 heterocycles. The molecule has 0 bridgehead atoms. The molecule has 0 spiro atoms. The highest BCUT2D eigenvalue weighted by molar-refractivity contribution is 14.1. The molecule has 5 nitrogen and oxygen atoms in total. The van der Waals surface area contributed by atoms with E-state index in [1.54, 1.807) is 0 Å². The number of nitrogens with zero attached hydrogens (tertiary/aromatic N) is 2. The van der Waals surface area contributed by atoms with E-state index in [4.69, 9.17) is 14.9 Å². The Morgan fingerprint density at radius 3 is 2.43 bits per heavy atom. The maximum absolute atomic E-state index is 10.6. The number of aliphatic carboxylic acids is 1. The molecule has 2 aliphatic rings. The number of hydrogen-bond donors (Lipinski definition) is 1. The second kappa shape index (κ2) is 8.95. The summed E-state index contributed by atoms with van der Waals surface area (Å²) in [5.74, 6) is 0.879. The molecule has 2 aromatic rings. The van der Waals surface area contributed by atoms with Gasteiger partial charge in [0, 0.05) is 18.0 Å². The third-order valence-corrected chi connectivity index (χ3v) is 6.97. The zero-order chi connectivity index (χ0) is 19.5. The van der Waals surface area contributed by atoms with Gasteiger partial charge >= 0.3 is 5.97 Å². The first-order valence-electron chi connectivity index (χ1n) is 10.2. The third-order valence-electron chi connectivity index (χ3n) is 5.91. The van der Waals surface area contributed by atoms with E-state index in [0.29, 0.717) is 24.4 Å². The van der Waals surface area contributed by atoms with Crippen molar-refractivity contribution in [3.05, 3.63) is 39.6 Å². The smallest absolute Gasteiger partial charge is 0.329 e. The van der Waals surface area contributed by atoms with E-state index >= 15 is 0 Å². The van der Waals surface area contributed by atoms with E-state index in [0.717, 1.165) is 32.2 Å². The van der Waals surface area contributed by atoms with Gasteiger partial charge in [0.25, 0.3) is 0 Å². The van der Waals surface area contributed by atoms with Gasteiger partial charge in [-0.2, -0.15) is 5.10 Å². The Labute approximate surface area is 179 Å². The lowest BCUT2D eigenvalue weighted by atomic mass is 9.82. The Morgan fingerprint density at radius 1 is 1.11 bits per heavy atom. The highest BCUT2D eigenvalue weighted by Crippen LogP contribution is 2.44. The second-order valence-corrected chi connectivity index (χ2v) is 9.24. The molecule has 150 valence electrons. The standard InChI is InChI=1S/C22H27IN2O3/c23-20-21(17-10-11-17)24-25(22(20)18-4-2-1-3-5-18)12-15-6-8-16(9-7-15)13-28-14-19(26)27/h1-5,15-17H,6-14H2,(H,26,27). The molecule has 4 rings (SSSR count). The van der Waals surface area contributed by atoms with Crippen LogP contribution in [0.5, 0.6) is 0 Å². The minimum absolute atomic E-state index is 0.184. The first kappa shape index (κ1) is 19.9. The number of carbonyl (C=O) groups is 1. The van der Waals surface area contributed by atoms with Gasteiger partial charge in [0.1, 0.15) is 6.61 Å². The zero-order valence-electron chi connectivity index (χ0n) is 16.0. The number of hydrogen-bond acceptors (Lipinski definition) is 3. The van der Waals surface area contributed by atoms with Crippen LogP contribution in [0.1, 0.15) is 50.1 Å². The molecule has 2 saturated carbocycles. The monoisotopic (exact) mass is 494 g/mol. The van der Waals surface area contributed by atoms with Crippen LogP contribution in [0.25, 0.3) is 11.3 Å². The topological polar surface area (TPSA) is 64.3 Å². The Kier molecular flexibility index (Phi) is 6.35. The molecule has 28 heavy (non-hydrogen) atoms. The zero-order valence-corrected chi connectivity index (χ0v) is 18.2. The summed E-state index contributed by atoms with van der Waals surface area (Å²) in [4.78, 5) is 10.6. The van der Waals surface area contributed by atoms with Gasteiger partial charge in [-0.05, 0) is 73.0 Å². The Bertz CT molecular complexity index is 809. The Morgan fingerprint density at radius 2 is 1.79 bits per heavy atom. The summed E-state index contributed by atoms with van der Waals surface area (Å²) in [5, 5.41) is 13.8. The largest absolute Gasteiger partial charge is 0.480 e. The van der Waals surface area contributed by atoms with Crippen molar-refractivity contribution < 1.29 is 14.6 Å². The summed E-state index contributed by atoms with van der Waals surface area (Å²) in [6, 6.07) is 10.6. The lowest BCUT2D eigenvalue weighted by molar-refractivity contribution is -0.142. The average molecular weight is 494 g/mol. The molecule has 2 aliphatic carbocycles. The molecular weight excluding hydrogens is 467 g/mol. The highest BCUT2D eigenvalue weighted by atomic mass is 127. The maximum Gasteiger partial charge on any atom is 0.329 e. The fraction of sp³-hybridized carbons (Fsp3) is 0.545. The molecule has 0 atom stereocenters. The lowest BCUT2D eigenvalue weighted by Crippen LogP contribution is -2.23. The Balaban J connectivity index is 1.42. The van der Waals surface area contributed by atoms with Gasteiger partial charge in [-0.3, -0.25) is 4.68 Å². The van der Waals surface area contributed by atoms with Crippen molar-refractivity contribution in [1.29, 1.82) is 0 Å². The van der Waals surface area contributed by atoms with E-state index in [2.05, 4.69) is 57.6 Å². The van der Waals surface area contributed by atoms with Crippen LogP contribution in [0, 0.1) is 15.4 Å². The molecule has 1 aromatic heterocycles. The Hall–Kier alpha value is -1.41. The van der Waals surface area contributed by atoms with Gasteiger partial charge in [0.2, 0.25) is 0 Å². The van der Waals surface area contributed by atoms with Gasteiger partial charge in [-0.15, -0.1) is 0 Å². The summed E-state index contributed by atoms with van der Waals surface area (Å²) < 4.78 is 8.88. The van der Waals surface area contributed by atoms with Crippen LogP contribution < -0.4 is 0 Å². The van der Waals surface area contributed by atoms with Gasteiger partial charge in [-0.25, -0.2) is 4.79 Å². The molecule has 1 aromatic carbocycles. The number of carboxylic acid groups (broad SMARTS) is 1. The highest BCUT2D eigenvalue weighted by Gasteiger charge is 2.32. The molecule has 0 amide bonds. The average Bonchev–Trinajstić information content (AvgIpc) is 3.48. The summed E-state index contributed by atoms with van der Waals surface area (Å²) in [6.45, 7) is 1.35. The predicted octanol–water partition coefficient (Wildman–Crippen LogP) is 4.94. The maximum atomic E-state index is 10.6. The van der Waals surface area contributed by atoms with Gasteiger partial charge < -0.3 is 9.84 Å². The van der Waals surface area contributed by atoms with E-state index < -0.39 is 5.97 Å². The van der Waals surface area contributed by atoms with Crippen molar-refractivity contribution in [3.63, 3.8) is 0 Å². The second-order valence-electron chi connectivity index (χ2n) is 8.17. The van der Waals surface area contributed by atoms with E-state index in [1.807, 2.05) is 0 Å². The van der Waals surface area contributed by atoms with Crippen LogP contribution in [-0.2, 0) is 16.1 Å². The van der Waals surface area contributed by atoms with Crippen LogP contribution in [0.3, 0.4) is 0 Å². The van der Waals surface area contributed by atoms with E-state index in [1.165, 1.54) is 33.4 Å². The first-order chi connectivity index (χ1) is 13.6. The van der Waals surface area contributed by atoms with Crippen molar-refractivity contribution in [2.24, 2.45) is 11.8 Å². The van der Waals surface area contributed by atoms with Crippen LogP contribution in [0.15, 0.2) is 30.3 Å². The molecular formula is C22H27IN2O3. The fourth-order valence-corrected chi connectivity index (χ4v) is 5.36. The van der Waals surface area contributed by atoms with Crippen LogP contribution in [0.4, 0.5) is 0 Å². The van der Waals surface area contributed by atoms with Crippen LogP contribution in [-0.4, -0.2) is 34.1 Å². The van der Waals surface area contributed by atoms with Crippen molar-refractivity contribution >= 4 is 28.6 Å².